The maximum absolute atomic E-state index is 2.61. The van der Waals surface area contributed by atoms with Crippen LogP contribution in [-0.2, 0) is 13.1 Å². The molecule has 22 heavy (non-hydrogen) atoms. The van der Waals surface area contributed by atoms with Gasteiger partial charge in [0.2, 0.25) is 0 Å². The molecule has 0 aromatic heterocycles. The maximum atomic E-state index is 2.61. The summed E-state index contributed by atoms with van der Waals surface area (Å²) in [5, 5.41) is 0. The fourth-order valence-corrected chi connectivity index (χ4v) is 3.36. The quantitative estimate of drug-likeness (QED) is 0.846. The molecule has 0 amide bonds. The summed E-state index contributed by atoms with van der Waals surface area (Å²) < 4.78 is 0. The highest BCUT2D eigenvalue weighted by Crippen LogP contribution is 2.24. The Kier molecular flexibility index (Phi) is 4.60. The largest absolute Gasteiger partial charge is 0.296 e. The van der Waals surface area contributed by atoms with Crippen LogP contribution in [0.4, 0.5) is 0 Å². The molecule has 2 aromatic rings. The van der Waals surface area contributed by atoms with Gasteiger partial charge in [-0.25, -0.2) is 0 Å². The first-order valence-electron chi connectivity index (χ1n) is 8.19. The Balaban J connectivity index is 1.62. The van der Waals surface area contributed by atoms with Gasteiger partial charge in [-0.3, -0.25) is 9.80 Å². The van der Waals surface area contributed by atoms with Crippen molar-refractivity contribution in [1.82, 2.24) is 9.80 Å². The molecule has 2 nitrogen and oxygen atoms in total. The van der Waals surface area contributed by atoms with E-state index in [2.05, 4.69) is 84.3 Å². The van der Waals surface area contributed by atoms with Crippen LogP contribution in [0.3, 0.4) is 0 Å². The van der Waals surface area contributed by atoms with E-state index in [1.54, 1.807) is 0 Å². The second-order valence-corrected chi connectivity index (χ2v) is 6.92. The molecule has 0 saturated carbocycles. The van der Waals surface area contributed by atoms with Crippen LogP contribution in [0.2, 0.25) is 0 Å². The predicted molar refractivity (Wildman–Crippen MR) is 92.7 cm³/mol. The molecule has 0 N–H and O–H groups in total. The van der Waals surface area contributed by atoms with E-state index >= 15 is 0 Å². The van der Waals surface area contributed by atoms with Crippen LogP contribution in [-0.4, -0.2) is 35.0 Å². The van der Waals surface area contributed by atoms with Gasteiger partial charge in [0.1, 0.15) is 0 Å². The van der Waals surface area contributed by atoms with Crippen molar-refractivity contribution in [2.75, 3.05) is 19.6 Å². The fraction of sp³-hybridized carbons (Fsp3) is 0.400. The molecule has 116 valence electrons. The average molecular weight is 294 g/mol. The molecule has 3 rings (SSSR count). The number of piperazine rings is 1. The normalized spacial score (nSPS) is 19.2. The molecule has 0 radical (unpaired) electrons. The van der Waals surface area contributed by atoms with Crippen LogP contribution in [0.5, 0.6) is 0 Å². The Morgan fingerprint density at radius 1 is 0.773 bits per heavy atom. The van der Waals surface area contributed by atoms with Gasteiger partial charge in [-0.05, 0) is 25.0 Å². The van der Waals surface area contributed by atoms with Crippen LogP contribution < -0.4 is 0 Å². The molecule has 2 aromatic carbocycles. The molecule has 0 atom stereocenters. The lowest BCUT2D eigenvalue weighted by molar-refractivity contribution is 0.0103. The van der Waals surface area contributed by atoms with E-state index < -0.39 is 0 Å². The van der Waals surface area contributed by atoms with Crippen LogP contribution in [0.1, 0.15) is 25.0 Å². The van der Waals surface area contributed by atoms with E-state index in [-0.39, 0.29) is 5.54 Å². The number of nitrogens with zero attached hydrogens (tertiary/aromatic N) is 2. The van der Waals surface area contributed by atoms with Crippen LogP contribution in [0, 0.1) is 0 Å². The van der Waals surface area contributed by atoms with Gasteiger partial charge in [-0.15, -0.1) is 0 Å². The van der Waals surface area contributed by atoms with Crippen LogP contribution in [0.25, 0.3) is 0 Å². The van der Waals surface area contributed by atoms with Gasteiger partial charge in [0.05, 0.1) is 0 Å². The summed E-state index contributed by atoms with van der Waals surface area (Å²) >= 11 is 0. The molecule has 1 aliphatic rings. The van der Waals surface area contributed by atoms with Crippen molar-refractivity contribution < 1.29 is 0 Å². The first-order chi connectivity index (χ1) is 10.6. The highest BCUT2D eigenvalue weighted by atomic mass is 15.3. The van der Waals surface area contributed by atoms with Crippen LogP contribution >= 0.6 is 0 Å². The molecule has 0 spiro atoms. The van der Waals surface area contributed by atoms with Gasteiger partial charge in [-0.1, -0.05) is 60.7 Å². The standard InChI is InChI=1S/C20H26N2/c1-20(2)17-21(15-18-9-5-3-6-10-18)13-14-22(20)16-19-11-7-4-8-12-19/h3-12H,13-17H2,1-2H3. The number of hydrogen-bond donors (Lipinski definition) is 0. The summed E-state index contributed by atoms with van der Waals surface area (Å²) in [6.07, 6.45) is 0. The lowest BCUT2D eigenvalue weighted by atomic mass is 9.97. The van der Waals surface area contributed by atoms with Gasteiger partial charge in [0, 0.05) is 38.3 Å². The summed E-state index contributed by atoms with van der Waals surface area (Å²) in [7, 11) is 0. The third-order valence-electron chi connectivity index (χ3n) is 4.62. The minimum Gasteiger partial charge on any atom is -0.296 e. The molecule has 0 aliphatic carbocycles. The molecule has 1 fully saturated rings. The zero-order valence-corrected chi connectivity index (χ0v) is 13.7. The highest BCUT2D eigenvalue weighted by Gasteiger charge is 2.33. The third-order valence-corrected chi connectivity index (χ3v) is 4.62. The van der Waals surface area contributed by atoms with Gasteiger partial charge < -0.3 is 0 Å². The zero-order chi connectivity index (χ0) is 15.4. The van der Waals surface area contributed by atoms with Crippen molar-refractivity contribution in [2.45, 2.75) is 32.5 Å². The lowest BCUT2D eigenvalue weighted by Gasteiger charge is -2.47. The minimum absolute atomic E-state index is 0.211. The maximum Gasteiger partial charge on any atom is 0.0284 e. The first kappa shape index (κ1) is 15.3. The summed E-state index contributed by atoms with van der Waals surface area (Å²) in [6.45, 7) is 10.2. The molecular weight excluding hydrogens is 268 g/mol. The van der Waals surface area contributed by atoms with E-state index in [1.807, 2.05) is 0 Å². The Bertz CT molecular complexity index is 577. The van der Waals surface area contributed by atoms with E-state index in [4.69, 9.17) is 0 Å². The molecule has 1 heterocycles. The van der Waals surface area contributed by atoms with Crippen molar-refractivity contribution in [3.8, 4) is 0 Å². The lowest BCUT2D eigenvalue weighted by Crippen LogP contribution is -2.58. The Morgan fingerprint density at radius 3 is 1.86 bits per heavy atom. The van der Waals surface area contributed by atoms with E-state index in [0.29, 0.717) is 0 Å². The van der Waals surface area contributed by atoms with Crippen molar-refractivity contribution in [1.29, 1.82) is 0 Å². The molecule has 1 saturated heterocycles. The predicted octanol–water partition coefficient (Wildman–Crippen LogP) is 3.78. The van der Waals surface area contributed by atoms with E-state index in [9.17, 15) is 0 Å². The van der Waals surface area contributed by atoms with Crippen molar-refractivity contribution in [2.24, 2.45) is 0 Å². The molecule has 0 unspecified atom stereocenters. The second kappa shape index (κ2) is 6.64. The van der Waals surface area contributed by atoms with Gasteiger partial charge in [0.25, 0.3) is 0 Å². The van der Waals surface area contributed by atoms with Crippen molar-refractivity contribution in [3.63, 3.8) is 0 Å². The monoisotopic (exact) mass is 294 g/mol. The Morgan fingerprint density at radius 2 is 1.32 bits per heavy atom. The zero-order valence-electron chi connectivity index (χ0n) is 13.7. The number of hydrogen-bond acceptors (Lipinski definition) is 2. The number of benzene rings is 2. The van der Waals surface area contributed by atoms with E-state index in [1.165, 1.54) is 11.1 Å². The average Bonchev–Trinajstić information content (AvgIpc) is 2.52. The third kappa shape index (κ3) is 3.76. The van der Waals surface area contributed by atoms with Crippen LogP contribution in [0.15, 0.2) is 60.7 Å². The SMILES string of the molecule is CC1(C)CN(Cc2ccccc2)CCN1Cc1ccccc1. The van der Waals surface area contributed by atoms with E-state index in [0.717, 1.165) is 32.7 Å². The molecule has 2 heteroatoms. The minimum atomic E-state index is 0.211. The molecular formula is C20H26N2. The summed E-state index contributed by atoms with van der Waals surface area (Å²) in [6, 6.07) is 21.6. The summed E-state index contributed by atoms with van der Waals surface area (Å²) in [5.41, 5.74) is 3.03. The summed E-state index contributed by atoms with van der Waals surface area (Å²) in [5.74, 6) is 0. The summed E-state index contributed by atoms with van der Waals surface area (Å²) in [4.78, 5) is 5.20. The van der Waals surface area contributed by atoms with Gasteiger partial charge >= 0.3 is 0 Å². The highest BCUT2D eigenvalue weighted by molar-refractivity contribution is 5.16. The Labute approximate surface area is 134 Å². The Hall–Kier alpha value is -1.64. The second-order valence-electron chi connectivity index (χ2n) is 6.92. The van der Waals surface area contributed by atoms with Crippen molar-refractivity contribution in [3.05, 3.63) is 71.8 Å². The van der Waals surface area contributed by atoms with Crippen molar-refractivity contribution >= 4 is 0 Å². The smallest absolute Gasteiger partial charge is 0.0284 e. The topological polar surface area (TPSA) is 6.48 Å². The van der Waals surface area contributed by atoms with Gasteiger partial charge in [0.15, 0.2) is 0 Å². The number of rotatable bonds is 4. The fourth-order valence-electron chi connectivity index (χ4n) is 3.36. The first-order valence-corrected chi connectivity index (χ1v) is 8.19. The molecule has 0 bridgehead atoms. The van der Waals surface area contributed by atoms with Gasteiger partial charge in [-0.2, -0.15) is 0 Å². The molecule has 1 aliphatic heterocycles.